The molecule has 1 aliphatic rings. The number of anilines is 2. The van der Waals surface area contributed by atoms with Crippen LogP contribution in [0.5, 0.6) is 0 Å². The lowest BCUT2D eigenvalue weighted by atomic mass is 9.71. The highest BCUT2D eigenvalue weighted by molar-refractivity contribution is 6.76. The maximum absolute atomic E-state index is 3.52. The number of nitrogens with one attached hydrogen (secondary N) is 1. The Labute approximate surface area is 108 Å². The number of rotatable bonds is 1. The summed E-state index contributed by atoms with van der Waals surface area (Å²) in [5, 5.41) is 6.09. The molecule has 2 aromatic rings. The van der Waals surface area contributed by atoms with Gasteiger partial charge in [-0.1, -0.05) is 30.1 Å². The molecule has 3 heteroatoms. The Bertz CT molecular complexity index is 649. The van der Waals surface area contributed by atoms with Crippen molar-refractivity contribution in [2.24, 2.45) is 0 Å². The van der Waals surface area contributed by atoms with Crippen LogP contribution in [0.15, 0.2) is 36.4 Å². The van der Waals surface area contributed by atoms with Crippen LogP contribution in [0.1, 0.15) is 13.8 Å². The highest BCUT2D eigenvalue weighted by Crippen LogP contribution is 2.36. The SMILES string of the molecule is CC#CB1Nc2cccc3cccc(c23)N1CC. The molecule has 0 unspecified atom stereocenters. The van der Waals surface area contributed by atoms with Crippen LogP contribution in [-0.2, 0) is 0 Å². The van der Waals surface area contributed by atoms with Gasteiger partial charge in [-0.05, 0) is 31.4 Å². The van der Waals surface area contributed by atoms with Crippen LogP contribution in [0.2, 0.25) is 0 Å². The average Bonchev–Trinajstić information content (AvgIpc) is 2.40. The van der Waals surface area contributed by atoms with Crippen LogP contribution in [0.25, 0.3) is 10.8 Å². The summed E-state index contributed by atoms with van der Waals surface area (Å²) < 4.78 is 0. The molecule has 1 N–H and O–H groups in total. The summed E-state index contributed by atoms with van der Waals surface area (Å²) in [4.78, 5) is 2.31. The summed E-state index contributed by atoms with van der Waals surface area (Å²) in [7, 11) is 0. The Morgan fingerprint density at radius 2 is 2.00 bits per heavy atom. The second-order valence-electron chi connectivity index (χ2n) is 4.41. The van der Waals surface area contributed by atoms with Crippen molar-refractivity contribution in [1.29, 1.82) is 0 Å². The molecule has 0 radical (unpaired) electrons. The fourth-order valence-corrected chi connectivity index (χ4v) is 2.65. The second-order valence-corrected chi connectivity index (χ2v) is 4.41. The average molecular weight is 234 g/mol. The number of hydrogen-bond donors (Lipinski definition) is 1. The number of nitrogens with zero attached hydrogens (tertiary/aromatic N) is 1. The van der Waals surface area contributed by atoms with E-state index >= 15 is 0 Å². The van der Waals surface area contributed by atoms with Crippen molar-refractivity contribution in [2.75, 3.05) is 16.6 Å². The zero-order valence-corrected chi connectivity index (χ0v) is 10.7. The maximum atomic E-state index is 3.52. The third-order valence-electron chi connectivity index (χ3n) is 3.42. The van der Waals surface area contributed by atoms with E-state index in [0.717, 1.165) is 6.54 Å². The molecule has 0 saturated carbocycles. The van der Waals surface area contributed by atoms with Gasteiger partial charge in [0.1, 0.15) is 0 Å². The van der Waals surface area contributed by atoms with E-state index in [2.05, 4.69) is 65.1 Å². The lowest BCUT2D eigenvalue weighted by molar-refractivity contribution is 1.08. The Morgan fingerprint density at radius 1 is 1.22 bits per heavy atom. The predicted octanol–water partition coefficient (Wildman–Crippen LogP) is 3.14. The van der Waals surface area contributed by atoms with Gasteiger partial charge in [0.15, 0.2) is 0 Å². The summed E-state index contributed by atoms with van der Waals surface area (Å²) in [5.41, 5.74) is 2.46. The van der Waals surface area contributed by atoms with E-state index in [1.807, 2.05) is 6.92 Å². The summed E-state index contributed by atoms with van der Waals surface area (Å²) in [6, 6.07) is 12.8. The summed E-state index contributed by atoms with van der Waals surface area (Å²) in [6.07, 6.45) is 0. The Morgan fingerprint density at radius 3 is 2.72 bits per heavy atom. The van der Waals surface area contributed by atoms with Gasteiger partial charge in [0.25, 0.3) is 0 Å². The van der Waals surface area contributed by atoms with Gasteiger partial charge < -0.3 is 10.0 Å². The molecule has 0 fully saturated rings. The molecule has 1 heterocycles. The Hall–Kier alpha value is -2.08. The van der Waals surface area contributed by atoms with E-state index in [-0.39, 0.29) is 6.98 Å². The van der Waals surface area contributed by atoms with Crippen LogP contribution in [0.3, 0.4) is 0 Å². The van der Waals surface area contributed by atoms with Gasteiger partial charge in [-0.25, -0.2) is 0 Å². The summed E-state index contributed by atoms with van der Waals surface area (Å²) >= 11 is 0. The van der Waals surface area contributed by atoms with E-state index < -0.39 is 0 Å². The van der Waals surface area contributed by atoms with Crippen LogP contribution < -0.4 is 10.0 Å². The Kier molecular flexibility index (Phi) is 2.64. The Balaban J connectivity index is 2.27. The van der Waals surface area contributed by atoms with E-state index in [0.29, 0.717) is 0 Å². The smallest absolute Gasteiger partial charge is 0.398 e. The van der Waals surface area contributed by atoms with E-state index in [1.165, 1.54) is 22.1 Å². The first kappa shape index (κ1) is 11.0. The van der Waals surface area contributed by atoms with Crippen LogP contribution in [0, 0.1) is 11.7 Å². The minimum Gasteiger partial charge on any atom is -0.398 e. The van der Waals surface area contributed by atoms with Crippen molar-refractivity contribution in [3.05, 3.63) is 36.4 Å². The van der Waals surface area contributed by atoms with Crippen molar-refractivity contribution in [1.82, 2.24) is 0 Å². The molecular weight excluding hydrogens is 219 g/mol. The van der Waals surface area contributed by atoms with E-state index in [4.69, 9.17) is 0 Å². The van der Waals surface area contributed by atoms with Crippen molar-refractivity contribution in [3.8, 4) is 11.7 Å². The molecule has 0 aliphatic carbocycles. The minimum absolute atomic E-state index is 0.0699. The van der Waals surface area contributed by atoms with Crippen molar-refractivity contribution in [2.45, 2.75) is 13.8 Å². The monoisotopic (exact) mass is 234 g/mol. The molecule has 0 atom stereocenters. The molecule has 2 nitrogen and oxygen atoms in total. The molecule has 2 aromatic carbocycles. The topological polar surface area (TPSA) is 15.3 Å². The number of hydrogen-bond acceptors (Lipinski definition) is 2. The van der Waals surface area contributed by atoms with E-state index in [9.17, 15) is 0 Å². The van der Waals surface area contributed by atoms with Gasteiger partial charge in [0.2, 0.25) is 0 Å². The first-order valence-corrected chi connectivity index (χ1v) is 6.32. The molecule has 18 heavy (non-hydrogen) atoms. The van der Waals surface area contributed by atoms with Crippen LogP contribution in [-0.4, -0.2) is 13.5 Å². The standard InChI is InChI=1S/C15H15BN2/c1-3-11-16-17-13-9-5-7-12-8-6-10-14(15(12)13)18(16)4-2/h5-10,17H,4H2,1-2H3. The molecule has 88 valence electrons. The normalized spacial score (nSPS) is 13.0. The first-order valence-electron chi connectivity index (χ1n) is 6.32. The first-order chi connectivity index (χ1) is 8.85. The van der Waals surface area contributed by atoms with Crippen molar-refractivity contribution in [3.63, 3.8) is 0 Å². The zero-order chi connectivity index (χ0) is 12.5. The van der Waals surface area contributed by atoms with Gasteiger partial charge in [-0.15, -0.1) is 5.92 Å². The molecule has 3 rings (SSSR count). The highest BCUT2D eigenvalue weighted by atomic mass is 15.2. The molecule has 0 amide bonds. The largest absolute Gasteiger partial charge is 0.463 e. The third-order valence-corrected chi connectivity index (χ3v) is 3.42. The molecular formula is C15H15BN2. The van der Waals surface area contributed by atoms with Crippen LogP contribution >= 0.6 is 0 Å². The summed E-state index contributed by atoms with van der Waals surface area (Å²) in [5.74, 6) is 6.24. The van der Waals surface area contributed by atoms with E-state index in [1.54, 1.807) is 0 Å². The van der Waals surface area contributed by atoms with Gasteiger partial charge in [0, 0.05) is 23.3 Å². The number of benzene rings is 2. The highest BCUT2D eigenvalue weighted by Gasteiger charge is 2.28. The molecule has 0 aromatic heterocycles. The van der Waals surface area contributed by atoms with Crippen molar-refractivity contribution < 1.29 is 0 Å². The fraction of sp³-hybridized carbons (Fsp3) is 0.200. The molecule has 0 bridgehead atoms. The summed E-state index contributed by atoms with van der Waals surface area (Å²) in [6.45, 7) is 5.07. The van der Waals surface area contributed by atoms with Gasteiger partial charge in [-0.2, -0.15) is 0 Å². The second kappa shape index (κ2) is 4.31. The molecule has 1 aliphatic heterocycles. The van der Waals surface area contributed by atoms with Crippen LogP contribution in [0.4, 0.5) is 11.4 Å². The quantitative estimate of drug-likeness (QED) is 0.602. The maximum Gasteiger partial charge on any atom is 0.463 e. The predicted molar refractivity (Wildman–Crippen MR) is 79.8 cm³/mol. The molecule has 0 spiro atoms. The van der Waals surface area contributed by atoms with Gasteiger partial charge in [0.05, 0.1) is 0 Å². The van der Waals surface area contributed by atoms with Crippen molar-refractivity contribution >= 4 is 29.1 Å². The minimum atomic E-state index is 0.0699. The lowest BCUT2D eigenvalue weighted by Gasteiger charge is -2.34. The fourth-order valence-electron chi connectivity index (χ4n) is 2.65. The van der Waals surface area contributed by atoms with Gasteiger partial charge >= 0.3 is 6.98 Å². The molecule has 0 saturated heterocycles. The lowest BCUT2D eigenvalue weighted by Crippen LogP contribution is -2.47. The van der Waals surface area contributed by atoms with Gasteiger partial charge in [-0.3, -0.25) is 0 Å². The third kappa shape index (κ3) is 1.54. The zero-order valence-electron chi connectivity index (χ0n) is 10.7.